The van der Waals surface area contributed by atoms with Gasteiger partial charge in [0.15, 0.2) is 0 Å². The molecule has 0 radical (unpaired) electrons. The zero-order chi connectivity index (χ0) is 25.4. The quantitative estimate of drug-likeness (QED) is 0.459. The maximum Gasteiger partial charge on any atom is 0.219 e. The molecule has 0 aliphatic heterocycles. The third-order valence-electron chi connectivity index (χ3n) is 1.31. The zero-order valence-corrected chi connectivity index (χ0v) is 23.4. The molecule has 0 aromatic heterocycles. The predicted molar refractivity (Wildman–Crippen MR) is 137 cm³/mol. The highest BCUT2D eigenvalue weighted by Gasteiger charge is 2.05. The molecule has 0 unspecified atom stereocenters. The van der Waals surface area contributed by atoms with Gasteiger partial charge in [0.1, 0.15) is 6.29 Å². The molecule has 0 spiro atoms. The summed E-state index contributed by atoms with van der Waals surface area (Å²) in [6, 6.07) is -0.428. The lowest BCUT2D eigenvalue weighted by atomic mass is 10.2. The molecule has 1 amide bonds. The van der Waals surface area contributed by atoms with E-state index in [1.807, 2.05) is 111 Å². The lowest BCUT2D eigenvalue weighted by molar-refractivity contribution is -0.120. The Morgan fingerprint density at radius 2 is 0.929 bits per heavy atom. The Bertz CT molecular complexity index is 149. The molecular formula is C24H64N2O2. The highest BCUT2D eigenvalue weighted by atomic mass is 16.1. The van der Waals surface area contributed by atoms with Crippen molar-refractivity contribution < 1.29 is 9.59 Å². The van der Waals surface area contributed by atoms with Gasteiger partial charge in [0, 0.05) is 6.42 Å². The summed E-state index contributed by atoms with van der Waals surface area (Å²) >= 11 is 0. The first kappa shape index (κ1) is 56.3. The van der Waals surface area contributed by atoms with E-state index in [2.05, 4.69) is 5.32 Å². The Kier molecular flexibility index (Phi) is 269. The van der Waals surface area contributed by atoms with Crippen LogP contribution >= 0.6 is 0 Å². The average Bonchev–Trinajstić information content (AvgIpc) is 3.72. The van der Waals surface area contributed by atoms with Crippen LogP contribution in [0.25, 0.3) is 0 Å². The van der Waals surface area contributed by atoms with Crippen molar-refractivity contribution in [2.24, 2.45) is 5.73 Å². The van der Waals surface area contributed by atoms with Gasteiger partial charge in [-0.3, -0.25) is 4.79 Å². The Morgan fingerprint density at radius 3 is 0.964 bits per heavy atom. The van der Waals surface area contributed by atoms with Crippen LogP contribution in [-0.2, 0) is 9.59 Å². The second-order valence-corrected chi connectivity index (χ2v) is 2.76. The molecule has 0 saturated heterocycles. The van der Waals surface area contributed by atoms with E-state index in [9.17, 15) is 9.59 Å². The fourth-order valence-electron chi connectivity index (χ4n) is 0.435. The molecule has 0 bridgehead atoms. The van der Waals surface area contributed by atoms with Gasteiger partial charge >= 0.3 is 0 Å². The minimum atomic E-state index is -0.471. The second-order valence-electron chi connectivity index (χ2n) is 2.76. The minimum Gasteiger partial charge on any atom is -0.370 e. The Hall–Kier alpha value is -0.900. The molecule has 1 rings (SSSR count). The molecule has 0 aromatic carbocycles. The standard InChI is InChI=1S/C5H10N2O2.C3H6.8C2H6/c1-7-4(3-8)2-5(6)9;1-2-3-1;8*1-2/h3-4,7H,2H2,1H3,(H2,6,9);1-3H2;8*1-2H3/t4-;;;;;;;;;/m0........./s1. The molecule has 4 heteroatoms. The monoisotopic (exact) mass is 412 g/mol. The summed E-state index contributed by atoms with van der Waals surface area (Å²) in [4.78, 5) is 20.2. The molecule has 0 heterocycles. The number of carbonyl (C=O) groups is 2. The van der Waals surface area contributed by atoms with Crippen LogP contribution in [0.1, 0.15) is 136 Å². The zero-order valence-electron chi connectivity index (χ0n) is 23.4. The molecule has 0 aromatic rings. The first-order chi connectivity index (χ1) is 13.7. The van der Waals surface area contributed by atoms with E-state index < -0.39 is 11.9 Å². The van der Waals surface area contributed by atoms with Gasteiger partial charge in [-0.15, -0.1) is 0 Å². The van der Waals surface area contributed by atoms with Crippen molar-refractivity contribution in [3.05, 3.63) is 0 Å². The molecule has 182 valence electrons. The molecule has 1 aliphatic carbocycles. The summed E-state index contributed by atoms with van der Waals surface area (Å²) < 4.78 is 0. The van der Waals surface area contributed by atoms with Gasteiger partial charge in [-0.25, -0.2) is 0 Å². The van der Waals surface area contributed by atoms with E-state index >= 15 is 0 Å². The largest absolute Gasteiger partial charge is 0.370 e. The molecule has 28 heavy (non-hydrogen) atoms. The molecule has 4 nitrogen and oxygen atoms in total. The summed E-state index contributed by atoms with van der Waals surface area (Å²) in [7, 11) is 1.60. The van der Waals surface area contributed by atoms with Crippen molar-refractivity contribution in [2.75, 3.05) is 7.05 Å². The molecule has 1 atom stereocenters. The number of nitrogens with two attached hydrogens (primary N) is 1. The minimum absolute atomic E-state index is 0.0694. The predicted octanol–water partition coefficient (Wildman–Crippen LogP) is 8.03. The van der Waals surface area contributed by atoms with E-state index in [0.717, 1.165) is 0 Å². The molecule has 3 N–H and O–H groups in total. The number of hydrogen-bond acceptors (Lipinski definition) is 3. The van der Waals surface area contributed by atoms with Crippen molar-refractivity contribution in [1.29, 1.82) is 0 Å². The number of nitrogens with one attached hydrogen (secondary N) is 1. The highest BCUT2D eigenvalue weighted by molar-refractivity contribution is 5.78. The van der Waals surface area contributed by atoms with Crippen LogP contribution in [0.2, 0.25) is 0 Å². The summed E-state index contributed by atoms with van der Waals surface area (Å²) in [5, 5.41) is 2.61. The van der Waals surface area contributed by atoms with Gasteiger partial charge in [-0.05, 0) is 7.05 Å². The molecule has 1 saturated carbocycles. The van der Waals surface area contributed by atoms with Gasteiger partial charge in [-0.2, -0.15) is 0 Å². The van der Waals surface area contributed by atoms with Crippen molar-refractivity contribution in [1.82, 2.24) is 5.32 Å². The van der Waals surface area contributed by atoms with Gasteiger partial charge in [0.25, 0.3) is 0 Å². The first-order valence-corrected chi connectivity index (χ1v) is 12.1. The number of amides is 1. The average molecular weight is 413 g/mol. The van der Waals surface area contributed by atoms with Crippen molar-refractivity contribution in [2.45, 2.75) is 143 Å². The lowest BCUT2D eigenvalue weighted by Gasteiger charge is -2.03. The number of likely N-dealkylation sites (N-methyl/N-ethyl adjacent to an activating group) is 1. The first-order valence-electron chi connectivity index (χ1n) is 12.1. The van der Waals surface area contributed by atoms with E-state index in [-0.39, 0.29) is 6.42 Å². The lowest BCUT2D eigenvalue weighted by Crippen LogP contribution is -2.31. The normalized spacial score (nSPS) is 8.32. The van der Waals surface area contributed by atoms with Crippen LogP contribution in [-0.4, -0.2) is 25.3 Å². The van der Waals surface area contributed by atoms with Crippen molar-refractivity contribution >= 4 is 12.2 Å². The smallest absolute Gasteiger partial charge is 0.219 e. The SMILES string of the molecule is C1CC1.CC.CC.CC.CC.CC.CC.CC.CC.CN[C@H](C=O)CC(N)=O. The number of aldehydes is 1. The summed E-state index contributed by atoms with van der Waals surface area (Å²) in [5.74, 6) is -0.471. The van der Waals surface area contributed by atoms with Gasteiger partial charge in [-0.1, -0.05) is 130 Å². The Morgan fingerprint density at radius 1 is 0.714 bits per heavy atom. The van der Waals surface area contributed by atoms with Gasteiger partial charge < -0.3 is 15.8 Å². The summed E-state index contributed by atoms with van der Waals surface area (Å²) in [6.45, 7) is 32.0. The fraction of sp³-hybridized carbons (Fsp3) is 0.917. The van der Waals surface area contributed by atoms with Gasteiger partial charge in [0.2, 0.25) is 5.91 Å². The van der Waals surface area contributed by atoms with Crippen LogP contribution in [0.3, 0.4) is 0 Å². The third kappa shape index (κ3) is 222. The van der Waals surface area contributed by atoms with Crippen LogP contribution < -0.4 is 11.1 Å². The number of hydrogen-bond donors (Lipinski definition) is 2. The highest BCUT2D eigenvalue weighted by Crippen LogP contribution is 2.14. The van der Waals surface area contributed by atoms with E-state index in [1.54, 1.807) is 7.05 Å². The second kappa shape index (κ2) is 133. The van der Waals surface area contributed by atoms with Crippen molar-refractivity contribution in [3.63, 3.8) is 0 Å². The topological polar surface area (TPSA) is 72.2 Å². The summed E-state index contributed by atoms with van der Waals surface area (Å²) in [6.07, 6.45) is 5.23. The van der Waals surface area contributed by atoms with E-state index in [4.69, 9.17) is 5.73 Å². The molecule has 1 fully saturated rings. The molecular weight excluding hydrogens is 348 g/mol. The maximum atomic E-state index is 10.2. The Balaban J connectivity index is -0.0000000230. The van der Waals surface area contributed by atoms with E-state index in [0.29, 0.717) is 6.29 Å². The number of carbonyl (C=O) groups excluding carboxylic acids is 2. The van der Waals surface area contributed by atoms with Crippen LogP contribution in [0, 0.1) is 0 Å². The van der Waals surface area contributed by atoms with Crippen molar-refractivity contribution in [3.8, 4) is 0 Å². The number of primary amides is 1. The summed E-state index contributed by atoms with van der Waals surface area (Å²) in [5.41, 5.74) is 4.81. The van der Waals surface area contributed by atoms with Crippen LogP contribution in [0.15, 0.2) is 0 Å². The van der Waals surface area contributed by atoms with Gasteiger partial charge in [0.05, 0.1) is 6.04 Å². The van der Waals surface area contributed by atoms with Crippen LogP contribution in [0.5, 0.6) is 0 Å². The Labute approximate surface area is 182 Å². The molecule has 1 aliphatic rings. The van der Waals surface area contributed by atoms with Crippen LogP contribution in [0.4, 0.5) is 0 Å². The number of rotatable bonds is 4. The fourth-order valence-corrected chi connectivity index (χ4v) is 0.435. The third-order valence-corrected chi connectivity index (χ3v) is 1.31. The maximum absolute atomic E-state index is 10.2. The van der Waals surface area contributed by atoms with E-state index in [1.165, 1.54) is 19.3 Å².